The molecule has 0 saturated carbocycles. The molecule has 3 heterocycles. The van der Waals surface area contributed by atoms with Crippen molar-refractivity contribution >= 4 is 27.6 Å². The Bertz CT molecular complexity index is 1530. The standard InChI is InChI=1S/C23H18F4N4O3/c1-30(23(33)10-3-4-17-13(5-10)20(21(26)27)29-31(17)2)18-9-34-8-16-19(18)11-6-14(24)15(25)7-12(11)22(32)28-16/h3-7,18,21H,8-9H2,1-2H3,(H,28,32). The number of carbonyl (C=O) groups is 1. The first kappa shape index (κ1) is 22.1. The van der Waals surface area contributed by atoms with Crippen LogP contribution in [0.3, 0.4) is 0 Å². The van der Waals surface area contributed by atoms with E-state index in [9.17, 15) is 27.2 Å². The van der Waals surface area contributed by atoms with Gasteiger partial charge in [-0.2, -0.15) is 5.10 Å². The molecule has 2 aromatic heterocycles. The summed E-state index contributed by atoms with van der Waals surface area (Å²) in [6.45, 7) is 0.0598. The summed E-state index contributed by atoms with van der Waals surface area (Å²) >= 11 is 0. The Morgan fingerprint density at radius 1 is 1.18 bits per heavy atom. The van der Waals surface area contributed by atoms with Gasteiger partial charge in [0, 0.05) is 36.3 Å². The normalized spacial score (nSPS) is 15.8. The predicted octanol–water partition coefficient (Wildman–Crippen LogP) is 3.97. The fraction of sp³-hybridized carbons (Fsp3) is 0.261. The lowest BCUT2D eigenvalue weighted by molar-refractivity contribution is 0.0335. The van der Waals surface area contributed by atoms with Gasteiger partial charge in [-0.3, -0.25) is 14.3 Å². The molecular weight excluding hydrogens is 456 g/mol. The molecule has 1 aliphatic rings. The Balaban J connectivity index is 1.61. The third kappa shape index (κ3) is 3.35. The first-order valence-electron chi connectivity index (χ1n) is 10.3. The number of aromatic nitrogens is 3. The van der Waals surface area contributed by atoms with Crippen LogP contribution in [-0.2, 0) is 18.4 Å². The van der Waals surface area contributed by atoms with Gasteiger partial charge in [-0.05, 0) is 35.7 Å². The van der Waals surface area contributed by atoms with E-state index in [1.165, 1.54) is 41.9 Å². The lowest BCUT2D eigenvalue weighted by Crippen LogP contribution is -2.37. The second kappa shape index (κ2) is 7.94. The van der Waals surface area contributed by atoms with E-state index in [0.29, 0.717) is 16.8 Å². The van der Waals surface area contributed by atoms with Gasteiger partial charge in [0.15, 0.2) is 11.6 Å². The molecular formula is C23H18F4N4O3. The van der Waals surface area contributed by atoms with Crippen LogP contribution in [0.1, 0.15) is 39.8 Å². The van der Waals surface area contributed by atoms with Crippen LogP contribution in [0, 0.1) is 11.6 Å². The lowest BCUT2D eigenvalue weighted by atomic mass is 9.95. The summed E-state index contributed by atoms with van der Waals surface area (Å²) in [6.07, 6.45) is -2.82. The van der Waals surface area contributed by atoms with Crippen LogP contribution in [0.5, 0.6) is 0 Å². The van der Waals surface area contributed by atoms with E-state index in [0.717, 1.165) is 12.1 Å². The number of hydrogen-bond donors (Lipinski definition) is 1. The zero-order chi connectivity index (χ0) is 24.3. The van der Waals surface area contributed by atoms with Crippen molar-refractivity contribution in [1.82, 2.24) is 19.7 Å². The Labute approximate surface area is 189 Å². The van der Waals surface area contributed by atoms with Gasteiger partial charge in [-0.15, -0.1) is 0 Å². The number of likely N-dealkylation sites (N-methyl/N-ethyl adjacent to an activating group) is 1. The van der Waals surface area contributed by atoms with E-state index in [2.05, 4.69) is 10.1 Å². The lowest BCUT2D eigenvalue weighted by Gasteiger charge is -2.34. The molecule has 7 nitrogen and oxygen atoms in total. The Morgan fingerprint density at radius 3 is 2.59 bits per heavy atom. The quantitative estimate of drug-likeness (QED) is 0.456. The smallest absolute Gasteiger partial charge is 0.282 e. The molecule has 0 saturated heterocycles. The highest BCUT2D eigenvalue weighted by Crippen LogP contribution is 2.35. The van der Waals surface area contributed by atoms with Crippen molar-refractivity contribution in [2.45, 2.75) is 19.1 Å². The van der Waals surface area contributed by atoms with Crippen LogP contribution in [0.15, 0.2) is 35.1 Å². The molecule has 1 aliphatic heterocycles. The zero-order valence-electron chi connectivity index (χ0n) is 18.0. The molecule has 1 unspecified atom stereocenters. The molecule has 176 valence electrons. The van der Waals surface area contributed by atoms with Crippen molar-refractivity contribution in [3.8, 4) is 0 Å². The van der Waals surface area contributed by atoms with Gasteiger partial charge in [-0.25, -0.2) is 17.6 Å². The zero-order valence-corrected chi connectivity index (χ0v) is 18.0. The minimum Gasteiger partial charge on any atom is -0.373 e. The van der Waals surface area contributed by atoms with Crippen LogP contribution >= 0.6 is 0 Å². The summed E-state index contributed by atoms with van der Waals surface area (Å²) in [4.78, 5) is 29.7. The number of amides is 1. The number of halogens is 4. The van der Waals surface area contributed by atoms with Crippen molar-refractivity contribution in [3.63, 3.8) is 0 Å². The average Bonchev–Trinajstić information content (AvgIpc) is 3.15. The van der Waals surface area contributed by atoms with E-state index in [1.807, 2.05) is 0 Å². The summed E-state index contributed by atoms with van der Waals surface area (Å²) in [5.41, 5.74) is 0.341. The maximum atomic E-state index is 14.1. The van der Waals surface area contributed by atoms with Crippen molar-refractivity contribution in [1.29, 1.82) is 0 Å². The number of aromatic amines is 1. The molecule has 0 bridgehead atoms. The number of rotatable bonds is 3. The van der Waals surface area contributed by atoms with Gasteiger partial charge in [-0.1, -0.05) is 0 Å². The number of H-pyrrole nitrogens is 1. The molecule has 0 radical (unpaired) electrons. The molecule has 34 heavy (non-hydrogen) atoms. The monoisotopic (exact) mass is 474 g/mol. The summed E-state index contributed by atoms with van der Waals surface area (Å²) in [7, 11) is 3.02. The number of nitrogens with zero attached hydrogens (tertiary/aromatic N) is 3. The SMILES string of the molecule is CN(C(=O)c1ccc2c(c1)c(C(F)F)nn2C)C1COCc2[nH]c(=O)c3cc(F)c(F)cc3c21. The maximum Gasteiger partial charge on any atom is 0.282 e. The Hall–Kier alpha value is -3.73. The van der Waals surface area contributed by atoms with E-state index in [1.54, 1.807) is 0 Å². The summed E-state index contributed by atoms with van der Waals surface area (Å²) in [5, 5.41) is 4.11. The van der Waals surface area contributed by atoms with Gasteiger partial charge < -0.3 is 14.6 Å². The molecule has 1 atom stereocenters. The number of aryl methyl sites for hydroxylation is 1. The number of nitrogens with one attached hydrogen (secondary N) is 1. The fourth-order valence-corrected chi connectivity index (χ4v) is 4.48. The molecule has 1 amide bonds. The molecule has 2 aromatic carbocycles. The number of ether oxygens (including phenoxy) is 1. The summed E-state index contributed by atoms with van der Waals surface area (Å²) < 4.78 is 61.6. The number of pyridine rings is 1. The van der Waals surface area contributed by atoms with E-state index >= 15 is 0 Å². The number of hydrogen-bond acceptors (Lipinski definition) is 4. The van der Waals surface area contributed by atoms with Crippen molar-refractivity contribution in [2.24, 2.45) is 7.05 Å². The highest BCUT2D eigenvalue weighted by atomic mass is 19.3. The van der Waals surface area contributed by atoms with Crippen LogP contribution < -0.4 is 5.56 Å². The van der Waals surface area contributed by atoms with Gasteiger partial charge in [0.05, 0.1) is 30.2 Å². The predicted molar refractivity (Wildman–Crippen MR) is 115 cm³/mol. The maximum absolute atomic E-state index is 14.1. The van der Waals surface area contributed by atoms with Crippen LogP contribution in [0.2, 0.25) is 0 Å². The number of fused-ring (bicyclic) bond motifs is 4. The van der Waals surface area contributed by atoms with Gasteiger partial charge in [0.2, 0.25) is 0 Å². The first-order valence-corrected chi connectivity index (χ1v) is 10.3. The minimum atomic E-state index is -2.82. The van der Waals surface area contributed by atoms with Crippen LogP contribution in [0.4, 0.5) is 17.6 Å². The topological polar surface area (TPSA) is 80.2 Å². The number of alkyl halides is 2. The summed E-state index contributed by atoms with van der Waals surface area (Å²) in [6, 6.07) is 5.40. The van der Waals surface area contributed by atoms with Gasteiger partial charge in [0.25, 0.3) is 17.9 Å². The summed E-state index contributed by atoms with van der Waals surface area (Å²) in [5.74, 6) is -2.79. The molecule has 0 spiro atoms. The van der Waals surface area contributed by atoms with Crippen molar-refractivity contribution in [2.75, 3.05) is 13.7 Å². The molecule has 11 heteroatoms. The number of benzene rings is 2. The Kier molecular flexibility index (Phi) is 5.16. The van der Waals surface area contributed by atoms with E-state index in [-0.39, 0.29) is 34.9 Å². The van der Waals surface area contributed by atoms with Crippen LogP contribution in [0.25, 0.3) is 21.7 Å². The second-order valence-electron chi connectivity index (χ2n) is 8.15. The Morgan fingerprint density at radius 2 is 1.88 bits per heavy atom. The first-order chi connectivity index (χ1) is 16.2. The van der Waals surface area contributed by atoms with Crippen molar-refractivity contribution < 1.29 is 27.1 Å². The van der Waals surface area contributed by atoms with Crippen LogP contribution in [-0.4, -0.2) is 39.2 Å². The minimum absolute atomic E-state index is 0.0252. The van der Waals surface area contributed by atoms with Gasteiger partial charge >= 0.3 is 0 Å². The molecule has 4 aromatic rings. The molecule has 0 aliphatic carbocycles. The fourth-order valence-electron chi connectivity index (χ4n) is 4.48. The average molecular weight is 474 g/mol. The van der Waals surface area contributed by atoms with Gasteiger partial charge in [0.1, 0.15) is 5.69 Å². The third-order valence-corrected chi connectivity index (χ3v) is 6.16. The highest BCUT2D eigenvalue weighted by molar-refractivity contribution is 5.99. The molecule has 0 fully saturated rings. The third-order valence-electron chi connectivity index (χ3n) is 6.16. The molecule has 1 N–H and O–H groups in total. The largest absolute Gasteiger partial charge is 0.373 e. The van der Waals surface area contributed by atoms with Crippen molar-refractivity contribution in [3.05, 3.63) is 74.8 Å². The highest BCUT2D eigenvalue weighted by Gasteiger charge is 2.32. The van der Waals surface area contributed by atoms with E-state index in [4.69, 9.17) is 4.74 Å². The van der Waals surface area contributed by atoms with E-state index < -0.39 is 41.3 Å². The molecule has 5 rings (SSSR count). The number of carbonyl (C=O) groups excluding carboxylic acids is 1. The second-order valence-corrected chi connectivity index (χ2v) is 8.15.